The zero-order valence-corrected chi connectivity index (χ0v) is 18.2. The van der Waals surface area contributed by atoms with E-state index in [4.69, 9.17) is 16.0 Å². The van der Waals surface area contributed by atoms with Crippen molar-refractivity contribution in [2.75, 3.05) is 0 Å². The fourth-order valence-corrected chi connectivity index (χ4v) is 4.10. The number of carbonyl (C=O) groups excluding carboxylic acids is 1. The smallest absolute Gasteiger partial charge is 0.335 e. The third-order valence-corrected chi connectivity index (χ3v) is 5.84. The van der Waals surface area contributed by atoms with Gasteiger partial charge in [0.2, 0.25) is 0 Å². The lowest BCUT2D eigenvalue weighted by molar-refractivity contribution is -0.115. The Morgan fingerprint density at radius 2 is 1.97 bits per heavy atom. The molecule has 3 aromatic rings. The van der Waals surface area contributed by atoms with Crippen LogP contribution < -0.4 is 5.32 Å². The fourth-order valence-electron chi connectivity index (χ4n) is 3.07. The Labute approximate surface area is 187 Å². The maximum absolute atomic E-state index is 12.4. The molecule has 0 bridgehead atoms. The van der Waals surface area contributed by atoms with Crippen LogP contribution in [0.1, 0.15) is 27.2 Å². The molecule has 2 N–H and O–H groups in total. The zero-order valence-electron chi connectivity index (χ0n) is 16.6. The summed E-state index contributed by atoms with van der Waals surface area (Å²) in [6, 6.07) is 13.7. The highest BCUT2D eigenvalue weighted by Gasteiger charge is 2.24. The number of rotatable bonds is 4. The lowest BCUT2D eigenvalue weighted by atomic mass is 10.1. The van der Waals surface area contributed by atoms with Crippen LogP contribution in [0, 0.1) is 13.8 Å². The van der Waals surface area contributed by atoms with Crippen molar-refractivity contribution in [3.8, 4) is 11.3 Å². The van der Waals surface area contributed by atoms with Gasteiger partial charge in [0.1, 0.15) is 11.5 Å². The molecule has 8 heteroatoms. The predicted molar refractivity (Wildman–Crippen MR) is 123 cm³/mol. The standard InChI is InChI=1S/C23H17ClN2O4S/c1-12-3-7-18(13(2)9-12)25-23-26-21(27)20(31-23)11-15-5-8-19(30-15)16-10-14(22(28)29)4-6-17(16)24/h3-11H,1-2H3,(H,28,29)(H,25,26,27). The number of hydrogen-bond donors (Lipinski definition) is 2. The molecule has 1 saturated heterocycles. The monoisotopic (exact) mass is 452 g/mol. The second-order valence-electron chi connectivity index (χ2n) is 6.97. The quantitative estimate of drug-likeness (QED) is 0.487. The molecule has 0 aliphatic carbocycles. The molecule has 0 spiro atoms. The third-order valence-electron chi connectivity index (χ3n) is 4.60. The van der Waals surface area contributed by atoms with Crippen molar-refractivity contribution in [3.05, 3.63) is 80.9 Å². The van der Waals surface area contributed by atoms with Crippen LogP contribution in [0.2, 0.25) is 5.02 Å². The number of thioether (sulfide) groups is 1. The number of aliphatic imine (C=N–C) groups is 1. The Kier molecular flexibility index (Phi) is 5.71. The number of carboxylic acid groups (broad SMARTS) is 1. The number of amides is 1. The van der Waals surface area contributed by atoms with E-state index in [9.17, 15) is 14.7 Å². The number of amidine groups is 1. The molecule has 0 saturated carbocycles. The number of nitrogens with one attached hydrogen (secondary N) is 1. The van der Waals surface area contributed by atoms with E-state index in [0.29, 0.717) is 32.2 Å². The summed E-state index contributed by atoms with van der Waals surface area (Å²) in [4.78, 5) is 28.6. The normalized spacial score (nSPS) is 16.2. The summed E-state index contributed by atoms with van der Waals surface area (Å²) in [5, 5.41) is 12.8. The number of nitrogens with zero attached hydrogens (tertiary/aromatic N) is 1. The van der Waals surface area contributed by atoms with Crippen LogP contribution in [0.3, 0.4) is 0 Å². The van der Waals surface area contributed by atoms with E-state index in [1.165, 1.54) is 30.0 Å². The second kappa shape index (κ2) is 8.45. The van der Waals surface area contributed by atoms with Crippen LogP contribution in [0.15, 0.2) is 62.8 Å². The molecule has 2 heterocycles. The predicted octanol–water partition coefficient (Wildman–Crippen LogP) is 5.81. The van der Waals surface area contributed by atoms with Gasteiger partial charge in [-0.1, -0.05) is 29.3 Å². The van der Waals surface area contributed by atoms with Crippen molar-refractivity contribution >= 4 is 52.2 Å². The van der Waals surface area contributed by atoms with Gasteiger partial charge in [-0.15, -0.1) is 0 Å². The molecular weight excluding hydrogens is 436 g/mol. The Bertz CT molecular complexity index is 1280. The highest BCUT2D eigenvalue weighted by atomic mass is 35.5. The molecule has 1 aliphatic rings. The van der Waals surface area contributed by atoms with Gasteiger partial charge < -0.3 is 14.8 Å². The number of furan rings is 1. The average Bonchev–Trinajstić information content (AvgIpc) is 3.31. The molecule has 1 fully saturated rings. The average molecular weight is 453 g/mol. The van der Waals surface area contributed by atoms with E-state index in [2.05, 4.69) is 10.3 Å². The summed E-state index contributed by atoms with van der Waals surface area (Å²) < 4.78 is 5.79. The molecule has 0 unspecified atom stereocenters. The maximum atomic E-state index is 12.4. The van der Waals surface area contributed by atoms with Crippen LogP contribution in [0.5, 0.6) is 0 Å². The number of benzene rings is 2. The van der Waals surface area contributed by atoms with Gasteiger partial charge in [-0.25, -0.2) is 9.79 Å². The molecule has 4 rings (SSSR count). The van der Waals surface area contributed by atoms with Crippen LogP contribution in [-0.2, 0) is 4.79 Å². The van der Waals surface area contributed by atoms with Crippen LogP contribution >= 0.6 is 23.4 Å². The summed E-state index contributed by atoms with van der Waals surface area (Å²) >= 11 is 7.43. The minimum atomic E-state index is -1.05. The lowest BCUT2D eigenvalue weighted by Gasteiger charge is -2.02. The molecule has 1 aromatic heterocycles. The molecular formula is C23H17ClN2O4S. The van der Waals surface area contributed by atoms with E-state index in [1.807, 2.05) is 32.0 Å². The molecule has 0 radical (unpaired) electrons. The zero-order chi connectivity index (χ0) is 22.1. The first-order valence-corrected chi connectivity index (χ1v) is 10.5. The molecule has 0 atom stereocenters. The number of carboxylic acids is 1. The molecule has 6 nitrogen and oxygen atoms in total. The summed E-state index contributed by atoms with van der Waals surface area (Å²) in [5.41, 5.74) is 3.53. The number of hydrogen-bond acceptors (Lipinski definition) is 5. The van der Waals surface area contributed by atoms with Crippen molar-refractivity contribution in [1.82, 2.24) is 5.32 Å². The van der Waals surface area contributed by atoms with Gasteiger partial charge in [0.05, 0.1) is 21.2 Å². The van der Waals surface area contributed by atoms with E-state index in [1.54, 1.807) is 18.2 Å². The fraction of sp³-hybridized carbons (Fsp3) is 0.0870. The summed E-state index contributed by atoms with van der Waals surface area (Å²) in [6.07, 6.45) is 1.61. The molecule has 1 aliphatic heterocycles. The minimum Gasteiger partial charge on any atom is -0.478 e. The summed E-state index contributed by atoms with van der Waals surface area (Å²) in [7, 11) is 0. The van der Waals surface area contributed by atoms with Gasteiger partial charge >= 0.3 is 5.97 Å². The Hall–Kier alpha value is -3.29. The summed E-state index contributed by atoms with van der Waals surface area (Å²) in [6.45, 7) is 3.99. The highest BCUT2D eigenvalue weighted by Crippen LogP contribution is 2.33. The Balaban J connectivity index is 1.58. The van der Waals surface area contributed by atoms with Crippen molar-refractivity contribution in [2.24, 2.45) is 4.99 Å². The molecule has 31 heavy (non-hydrogen) atoms. The number of aromatic carboxylic acids is 1. The SMILES string of the molecule is Cc1ccc(N=C2NC(=O)C(=Cc3ccc(-c4cc(C(=O)O)ccc4Cl)o3)S2)c(C)c1. The Morgan fingerprint density at radius 3 is 2.71 bits per heavy atom. The van der Waals surface area contributed by atoms with E-state index in [0.717, 1.165) is 16.8 Å². The third kappa shape index (κ3) is 4.57. The Morgan fingerprint density at radius 1 is 1.16 bits per heavy atom. The topological polar surface area (TPSA) is 91.9 Å². The van der Waals surface area contributed by atoms with Crippen LogP contribution in [-0.4, -0.2) is 22.2 Å². The molecule has 156 valence electrons. The maximum Gasteiger partial charge on any atom is 0.335 e. The van der Waals surface area contributed by atoms with Crippen molar-refractivity contribution < 1.29 is 19.1 Å². The second-order valence-corrected chi connectivity index (χ2v) is 8.41. The van der Waals surface area contributed by atoms with E-state index >= 15 is 0 Å². The van der Waals surface area contributed by atoms with Gasteiger partial charge in [-0.2, -0.15) is 0 Å². The van der Waals surface area contributed by atoms with Crippen molar-refractivity contribution in [1.29, 1.82) is 0 Å². The molecule has 1 amide bonds. The van der Waals surface area contributed by atoms with Gasteiger partial charge in [-0.3, -0.25) is 4.79 Å². The highest BCUT2D eigenvalue weighted by molar-refractivity contribution is 8.18. The first-order chi connectivity index (χ1) is 14.8. The first kappa shape index (κ1) is 21.0. The van der Waals surface area contributed by atoms with Crippen molar-refractivity contribution in [3.63, 3.8) is 0 Å². The van der Waals surface area contributed by atoms with E-state index in [-0.39, 0.29) is 11.5 Å². The van der Waals surface area contributed by atoms with Gasteiger partial charge in [0.25, 0.3) is 5.91 Å². The van der Waals surface area contributed by atoms with E-state index < -0.39 is 5.97 Å². The summed E-state index contributed by atoms with van der Waals surface area (Å²) in [5.74, 6) is -0.469. The largest absolute Gasteiger partial charge is 0.478 e. The van der Waals surface area contributed by atoms with Gasteiger partial charge in [-0.05, 0) is 67.6 Å². The number of halogens is 1. The molecule has 2 aromatic carbocycles. The van der Waals surface area contributed by atoms with Crippen LogP contribution in [0.4, 0.5) is 5.69 Å². The number of carbonyl (C=O) groups is 2. The van der Waals surface area contributed by atoms with Crippen molar-refractivity contribution in [2.45, 2.75) is 13.8 Å². The lowest BCUT2D eigenvalue weighted by Crippen LogP contribution is -2.19. The first-order valence-electron chi connectivity index (χ1n) is 9.30. The van der Waals surface area contributed by atoms with Gasteiger partial charge in [0, 0.05) is 11.6 Å². The minimum absolute atomic E-state index is 0.105. The van der Waals surface area contributed by atoms with Gasteiger partial charge in [0.15, 0.2) is 5.17 Å². The van der Waals surface area contributed by atoms with Crippen LogP contribution in [0.25, 0.3) is 17.4 Å². The number of aryl methyl sites for hydroxylation is 2.